The number of carbonyl (C=O) groups excluding carboxylic acids is 3. The van der Waals surface area contributed by atoms with Crippen molar-refractivity contribution in [1.29, 1.82) is 0 Å². The number of rotatable bonds is 31. The van der Waals surface area contributed by atoms with Crippen LogP contribution in [0.1, 0.15) is 64.7 Å². The van der Waals surface area contributed by atoms with Crippen LogP contribution in [0.2, 0.25) is 0 Å². The fourth-order valence-electron chi connectivity index (χ4n) is 7.94. The predicted molar refractivity (Wildman–Crippen MR) is 241 cm³/mol. The highest BCUT2D eigenvalue weighted by Crippen LogP contribution is 2.33. The van der Waals surface area contributed by atoms with Crippen LogP contribution in [-0.4, -0.2) is 190 Å². The van der Waals surface area contributed by atoms with E-state index in [0.29, 0.717) is 77.5 Å². The molecule has 0 spiro atoms. The highest BCUT2D eigenvalue weighted by atomic mass is 16.7. The van der Waals surface area contributed by atoms with Gasteiger partial charge in [-0.3, -0.25) is 31.3 Å². The average molecular weight is 932 g/mol. The highest BCUT2D eigenvalue weighted by molar-refractivity contribution is 5.76. The fourth-order valence-corrected chi connectivity index (χ4v) is 7.94. The van der Waals surface area contributed by atoms with Crippen LogP contribution in [0.5, 0.6) is 0 Å². The van der Waals surface area contributed by atoms with Gasteiger partial charge in [-0.25, -0.2) is 16.3 Å². The summed E-state index contributed by atoms with van der Waals surface area (Å²) >= 11 is 0. The molecule has 3 fully saturated rings. The lowest BCUT2D eigenvalue weighted by molar-refractivity contribution is -0.310. The predicted octanol–water partition coefficient (Wildman–Crippen LogP) is -7.45. The van der Waals surface area contributed by atoms with Gasteiger partial charge in [0.15, 0.2) is 30.5 Å². The van der Waals surface area contributed by atoms with Crippen LogP contribution in [0.4, 0.5) is 0 Å². The van der Waals surface area contributed by atoms with Crippen molar-refractivity contribution in [2.75, 3.05) is 46.9 Å². The molecule has 0 amide bonds. The Morgan fingerprint density at radius 2 is 1.18 bits per heavy atom. The van der Waals surface area contributed by atoms with Crippen molar-refractivity contribution >= 4 is 36.7 Å². The Balaban J connectivity index is 1.91. The van der Waals surface area contributed by atoms with Gasteiger partial charge >= 0.3 is 0 Å². The van der Waals surface area contributed by atoms with Gasteiger partial charge in [-0.05, 0) is 78.8 Å². The van der Waals surface area contributed by atoms with Gasteiger partial charge in [-0.1, -0.05) is 0 Å². The molecule has 23 N–H and O–H groups in total. The zero-order valence-corrected chi connectivity index (χ0v) is 37.7. The average Bonchev–Trinajstić information content (AvgIpc) is 3.26. The first-order valence-electron chi connectivity index (χ1n) is 22.1. The molecule has 0 bridgehead atoms. The number of carbonyl (C=O) groups is 3. The van der Waals surface area contributed by atoms with E-state index in [1.54, 1.807) is 14.1 Å². The Morgan fingerprint density at radius 3 is 1.63 bits per heavy atom. The fraction of sp³-hybridized carbons (Fsp3) is 0.842. The van der Waals surface area contributed by atoms with Crippen molar-refractivity contribution < 1.29 is 48.7 Å². The van der Waals surface area contributed by atoms with Gasteiger partial charge in [0.2, 0.25) is 0 Å². The number of guanidine groups is 3. The molecule has 0 aromatic rings. The second-order valence-corrected chi connectivity index (χ2v) is 16.7. The van der Waals surface area contributed by atoms with Gasteiger partial charge < -0.3 is 93.7 Å². The first kappa shape index (κ1) is 55.5. The molecule has 0 aromatic carbocycles. The van der Waals surface area contributed by atoms with Crippen LogP contribution in [0.3, 0.4) is 0 Å². The van der Waals surface area contributed by atoms with E-state index in [4.69, 9.17) is 53.3 Å². The molecule has 1 aliphatic carbocycles. The Bertz CT molecular complexity index is 1490. The minimum absolute atomic E-state index is 0.0206. The molecule has 2 aliphatic heterocycles. The van der Waals surface area contributed by atoms with Crippen molar-refractivity contribution in [1.82, 2.24) is 43.2 Å². The summed E-state index contributed by atoms with van der Waals surface area (Å²) in [4.78, 5) is 48.1. The van der Waals surface area contributed by atoms with Gasteiger partial charge in [0, 0.05) is 26.2 Å². The number of hydrogen-bond acceptors (Lipinski definition) is 21. The lowest BCUT2D eigenvalue weighted by atomic mass is 9.83. The van der Waals surface area contributed by atoms with Gasteiger partial charge in [-0.15, -0.1) is 0 Å². The molecule has 3 rings (SSSR count). The second kappa shape index (κ2) is 29.1. The van der Waals surface area contributed by atoms with Crippen LogP contribution in [0.25, 0.3) is 0 Å². The number of aliphatic hydroxyl groups is 3. The van der Waals surface area contributed by atoms with Crippen molar-refractivity contribution in [2.45, 2.75) is 156 Å². The van der Waals surface area contributed by atoms with Crippen LogP contribution in [0, 0.1) is 0 Å². The zero-order chi connectivity index (χ0) is 47.9. The van der Waals surface area contributed by atoms with Crippen molar-refractivity contribution in [3.63, 3.8) is 0 Å². The third-order valence-corrected chi connectivity index (χ3v) is 11.4. The number of likely N-dealkylation sites (N-methyl/N-ethyl adjacent to an activating group) is 2. The summed E-state index contributed by atoms with van der Waals surface area (Å²) in [5.74, 6) is -0.158. The summed E-state index contributed by atoms with van der Waals surface area (Å²) in [5, 5.41) is 41.0. The number of nitrogens with two attached hydrogens (primary N) is 6. The number of ether oxygens (including phenoxy) is 4. The van der Waals surface area contributed by atoms with Crippen LogP contribution in [0.15, 0.2) is 15.0 Å². The van der Waals surface area contributed by atoms with E-state index < -0.39 is 85.0 Å². The third kappa shape index (κ3) is 18.8. The Morgan fingerprint density at radius 1 is 0.708 bits per heavy atom. The molecular weight excluding hydrogens is 855 g/mol. The van der Waals surface area contributed by atoms with Gasteiger partial charge in [0.1, 0.15) is 48.9 Å². The van der Waals surface area contributed by atoms with Gasteiger partial charge in [0.25, 0.3) is 0 Å². The topological polar surface area (TPSA) is 438 Å². The minimum Gasteiger partial charge on any atom is -0.388 e. The molecule has 65 heavy (non-hydrogen) atoms. The van der Waals surface area contributed by atoms with E-state index >= 15 is 0 Å². The van der Waals surface area contributed by atoms with E-state index in [1.165, 1.54) is 6.92 Å². The SMILES string of the molecule is CNC1CCC(CNN[C@@H](C=O)CCCN=C(N)N)OC1OC1C(NN[C@@H](C=O)CCCN=C(N)N)CC(NN[C@@H](C=O)CCCN=C(N)N)C(OC2OCC(C)(O)C(NC)C2O)C1O. The molecule has 1 saturated carbocycles. The largest absolute Gasteiger partial charge is 0.388 e. The monoisotopic (exact) mass is 932 g/mol. The Labute approximate surface area is 380 Å². The van der Waals surface area contributed by atoms with E-state index in [0.717, 1.165) is 18.9 Å². The third-order valence-electron chi connectivity index (χ3n) is 11.4. The smallest absolute Gasteiger partial charge is 0.185 e. The number of aldehydes is 3. The summed E-state index contributed by atoms with van der Waals surface area (Å²) < 4.78 is 25.5. The maximum absolute atomic E-state index is 12.5. The summed E-state index contributed by atoms with van der Waals surface area (Å²) in [6.07, 6.45) is -1.51. The molecule has 2 heterocycles. The number of nitrogens with one attached hydrogen (secondary N) is 8. The van der Waals surface area contributed by atoms with E-state index in [9.17, 15) is 29.7 Å². The molecule has 0 aromatic heterocycles. The Hall–Kier alpha value is -3.78. The number of aliphatic imine (C=N–C) groups is 3. The molecule has 27 heteroatoms. The minimum atomic E-state index is -1.49. The standard InChI is InChI=1S/C38H77N17O10/c1-38(61)20-62-34(29(60)32(38)46-3)65-31-27(55-53-23(19-58)9-6-14-49-37(43)44)15-26(54-52-22(18-57)8-5-13-48-36(41)42)30(28(31)59)64-33-25(45-2)11-10-24(63-33)16-50-51-21(17-56)7-4-12-47-35(39)40/h17-19,21-34,45-46,50-55,59-61H,4-16,20H2,1-3H3,(H4,39,40,47)(H4,41,42,48)(H4,43,44,49)/t21-,22-,23-,24?,25?,26?,27?,28?,29?,30?,31?,32?,33?,34?,38?/m1/s1. The number of hydrogen-bond donors (Lipinski definition) is 17. The number of hydrazine groups is 3. The van der Waals surface area contributed by atoms with E-state index in [1.807, 2.05) is 0 Å². The molecule has 15 atom stereocenters. The Kier molecular flexibility index (Phi) is 24.9. The molecule has 2 saturated heterocycles. The number of nitrogens with zero attached hydrogens (tertiary/aromatic N) is 3. The van der Waals surface area contributed by atoms with Gasteiger partial charge in [0.05, 0.1) is 55.0 Å². The summed E-state index contributed by atoms with van der Waals surface area (Å²) in [7, 11) is 3.35. The summed E-state index contributed by atoms with van der Waals surface area (Å²) in [5.41, 5.74) is 49.7. The van der Waals surface area contributed by atoms with Crippen molar-refractivity contribution in [3.8, 4) is 0 Å². The van der Waals surface area contributed by atoms with Crippen LogP contribution < -0.4 is 77.6 Å². The maximum atomic E-state index is 12.5. The van der Waals surface area contributed by atoms with Crippen LogP contribution in [-0.2, 0) is 33.3 Å². The molecule has 374 valence electrons. The lowest BCUT2D eigenvalue weighted by Gasteiger charge is -2.50. The first-order valence-corrected chi connectivity index (χ1v) is 22.1. The van der Waals surface area contributed by atoms with E-state index in [2.05, 4.69) is 58.2 Å². The summed E-state index contributed by atoms with van der Waals surface area (Å²) in [6, 6.07) is -4.71. The molecular formula is C38H77N17O10. The summed E-state index contributed by atoms with van der Waals surface area (Å²) in [6.45, 7) is 2.58. The number of aliphatic hydroxyl groups excluding tert-OH is 2. The normalized spacial score (nSPS) is 31.8. The van der Waals surface area contributed by atoms with Crippen molar-refractivity contribution in [2.24, 2.45) is 49.4 Å². The molecule has 27 nitrogen and oxygen atoms in total. The molecule has 0 radical (unpaired) electrons. The lowest BCUT2D eigenvalue weighted by Crippen LogP contribution is -2.71. The molecule has 12 unspecified atom stereocenters. The zero-order valence-electron chi connectivity index (χ0n) is 37.7. The van der Waals surface area contributed by atoms with E-state index in [-0.39, 0.29) is 36.9 Å². The van der Waals surface area contributed by atoms with Crippen LogP contribution >= 0.6 is 0 Å². The second-order valence-electron chi connectivity index (χ2n) is 16.7. The van der Waals surface area contributed by atoms with Gasteiger partial charge in [-0.2, -0.15) is 0 Å². The highest BCUT2D eigenvalue weighted by Gasteiger charge is 2.52. The maximum Gasteiger partial charge on any atom is 0.185 e. The first-order chi connectivity index (χ1) is 31.1. The van der Waals surface area contributed by atoms with Crippen molar-refractivity contribution in [3.05, 3.63) is 0 Å². The molecule has 3 aliphatic rings. The quantitative estimate of drug-likeness (QED) is 0.0101.